The van der Waals surface area contributed by atoms with Gasteiger partial charge in [0.2, 0.25) is 8.32 Å². The summed E-state index contributed by atoms with van der Waals surface area (Å²) < 4.78 is 4.71. The van der Waals surface area contributed by atoms with Crippen molar-refractivity contribution < 1.29 is 19.4 Å². The molecule has 0 atom stereocenters. The first kappa shape index (κ1) is 9.61. The van der Waals surface area contributed by atoms with E-state index in [1.165, 1.54) is 0 Å². The SMILES string of the molecule is C[Si](C)(C)OOC(=O)CO. The standard InChI is InChI=1S/C5H12O4Si/c1-10(2,3)9-8-5(7)4-6/h6H,4H2,1-3H3. The molecular formula is C5H12O4Si. The van der Waals surface area contributed by atoms with E-state index in [9.17, 15) is 4.79 Å². The van der Waals surface area contributed by atoms with Crippen molar-refractivity contribution in [2.24, 2.45) is 0 Å². The number of carbonyl (C=O) groups is 1. The highest BCUT2D eigenvalue weighted by Crippen LogP contribution is 2.02. The van der Waals surface area contributed by atoms with Crippen LogP contribution in [-0.2, 0) is 14.3 Å². The summed E-state index contributed by atoms with van der Waals surface area (Å²) in [5.74, 6) is -0.748. The van der Waals surface area contributed by atoms with Crippen molar-refractivity contribution in [2.45, 2.75) is 19.6 Å². The van der Waals surface area contributed by atoms with Crippen molar-refractivity contribution in [3.8, 4) is 0 Å². The fourth-order valence-electron chi connectivity index (χ4n) is 0.198. The van der Waals surface area contributed by atoms with Crippen LogP contribution in [0.1, 0.15) is 0 Å². The summed E-state index contributed by atoms with van der Waals surface area (Å²) in [5.41, 5.74) is 0. The van der Waals surface area contributed by atoms with Crippen molar-refractivity contribution in [2.75, 3.05) is 6.61 Å². The summed E-state index contributed by atoms with van der Waals surface area (Å²) in [4.78, 5) is 14.5. The molecule has 0 aliphatic heterocycles. The van der Waals surface area contributed by atoms with Gasteiger partial charge in [0.25, 0.3) is 0 Å². The Morgan fingerprint density at radius 2 is 2.00 bits per heavy atom. The summed E-state index contributed by atoms with van der Waals surface area (Å²) in [6.07, 6.45) is 0. The summed E-state index contributed by atoms with van der Waals surface area (Å²) in [6, 6.07) is 0. The Hall–Kier alpha value is -0.393. The first-order valence-corrected chi connectivity index (χ1v) is 6.36. The molecule has 0 aromatic rings. The quantitative estimate of drug-likeness (QED) is 0.370. The van der Waals surface area contributed by atoms with Crippen LogP contribution in [0.2, 0.25) is 19.6 Å². The average molecular weight is 164 g/mol. The van der Waals surface area contributed by atoms with E-state index >= 15 is 0 Å². The summed E-state index contributed by atoms with van der Waals surface area (Å²) >= 11 is 0. The van der Waals surface area contributed by atoms with Crippen LogP contribution in [0.5, 0.6) is 0 Å². The molecule has 60 valence electrons. The normalized spacial score (nSPS) is 11.2. The Morgan fingerprint density at radius 3 is 2.30 bits per heavy atom. The number of hydrogen-bond acceptors (Lipinski definition) is 4. The summed E-state index contributed by atoms with van der Waals surface area (Å²) in [6.45, 7) is 4.98. The second-order valence-corrected chi connectivity index (χ2v) is 7.20. The molecule has 0 fully saturated rings. The van der Waals surface area contributed by atoms with E-state index in [2.05, 4.69) is 4.89 Å². The molecule has 0 aromatic heterocycles. The molecule has 1 N–H and O–H groups in total. The molecule has 0 bridgehead atoms. The van der Waals surface area contributed by atoms with Crippen LogP contribution < -0.4 is 0 Å². The maximum atomic E-state index is 10.3. The first-order valence-electron chi connectivity index (χ1n) is 2.95. The molecule has 0 unspecified atom stereocenters. The molecular weight excluding hydrogens is 152 g/mol. The number of rotatable bonds is 3. The van der Waals surface area contributed by atoms with Crippen LogP contribution in [-0.4, -0.2) is 26.0 Å². The number of carbonyl (C=O) groups excluding carboxylic acids is 1. The van der Waals surface area contributed by atoms with E-state index in [-0.39, 0.29) is 0 Å². The van der Waals surface area contributed by atoms with E-state index in [4.69, 9.17) is 9.68 Å². The molecule has 0 amide bonds. The van der Waals surface area contributed by atoms with E-state index in [0.29, 0.717) is 0 Å². The van der Waals surface area contributed by atoms with Crippen LogP contribution in [0.15, 0.2) is 0 Å². The van der Waals surface area contributed by atoms with Gasteiger partial charge in [0, 0.05) is 0 Å². The van der Waals surface area contributed by atoms with Gasteiger partial charge in [0.05, 0.1) is 0 Å². The lowest BCUT2D eigenvalue weighted by molar-refractivity contribution is -0.222. The predicted molar refractivity (Wildman–Crippen MR) is 37.6 cm³/mol. The van der Waals surface area contributed by atoms with Gasteiger partial charge in [-0.2, -0.15) is 0 Å². The summed E-state index contributed by atoms with van der Waals surface area (Å²) in [5, 5.41) is 8.19. The van der Waals surface area contributed by atoms with E-state index < -0.39 is 20.9 Å². The van der Waals surface area contributed by atoms with Gasteiger partial charge in [-0.15, -0.1) is 0 Å². The lowest BCUT2D eigenvalue weighted by Crippen LogP contribution is -2.27. The van der Waals surface area contributed by atoms with Crippen molar-refractivity contribution >= 4 is 14.3 Å². The molecule has 0 spiro atoms. The topological polar surface area (TPSA) is 55.8 Å². The van der Waals surface area contributed by atoms with Gasteiger partial charge >= 0.3 is 5.97 Å². The van der Waals surface area contributed by atoms with Gasteiger partial charge in [-0.1, -0.05) is 0 Å². The van der Waals surface area contributed by atoms with Crippen LogP contribution in [0, 0.1) is 0 Å². The van der Waals surface area contributed by atoms with Gasteiger partial charge < -0.3 is 9.99 Å². The van der Waals surface area contributed by atoms with Crippen LogP contribution in [0.25, 0.3) is 0 Å². The largest absolute Gasteiger partial charge is 0.385 e. The highest BCUT2D eigenvalue weighted by atomic mass is 28.4. The van der Waals surface area contributed by atoms with Crippen molar-refractivity contribution in [1.29, 1.82) is 0 Å². The fourth-order valence-corrected chi connectivity index (χ4v) is 0.541. The number of hydrogen-bond donors (Lipinski definition) is 1. The smallest absolute Gasteiger partial charge is 0.365 e. The number of aliphatic hydroxyl groups excluding tert-OH is 1. The lowest BCUT2D eigenvalue weighted by atomic mass is 10.8. The molecule has 0 aliphatic carbocycles. The van der Waals surface area contributed by atoms with E-state index in [0.717, 1.165) is 0 Å². The van der Waals surface area contributed by atoms with Crippen molar-refractivity contribution in [3.05, 3.63) is 0 Å². The second kappa shape index (κ2) is 3.70. The average Bonchev–Trinajstić information content (AvgIpc) is 1.81. The minimum atomic E-state index is -1.79. The zero-order valence-corrected chi connectivity index (χ0v) is 7.38. The van der Waals surface area contributed by atoms with E-state index in [1.54, 1.807) is 0 Å². The molecule has 4 nitrogen and oxygen atoms in total. The molecule has 0 radical (unpaired) electrons. The summed E-state index contributed by atoms with van der Waals surface area (Å²) in [7, 11) is -1.79. The first-order chi connectivity index (χ1) is 4.45. The Labute approximate surface area is 60.8 Å². The zero-order chi connectivity index (χ0) is 8.20. The highest BCUT2D eigenvalue weighted by molar-refractivity contribution is 6.69. The lowest BCUT2D eigenvalue weighted by Gasteiger charge is -2.13. The van der Waals surface area contributed by atoms with Gasteiger partial charge in [0.1, 0.15) is 6.61 Å². The molecule has 0 heterocycles. The van der Waals surface area contributed by atoms with Crippen LogP contribution >= 0.6 is 0 Å². The molecule has 0 aromatic carbocycles. The van der Waals surface area contributed by atoms with E-state index in [1.807, 2.05) is 19.6 Å². The molecule has 10 heavy (non-hydrogen) atoms. The number of aliphatic hydroxyl groups is 1. The van der Waals surface area contributed by atoms with Gasteiger partial charge in [0.15, 0.2) is 0 Å². The zero-order valence-electron chi connectivity index (χ0n) is 6.38. The van der Waals surface area contributed by atoms with Crippen molar-refractivity contribution in [3.63, 3.8) is 0 Å². The third-order valence-corrected chi connectivity index (χ3v) is 1.10. The monoisotopic (exact) mass is 164 g/mol. The molecule has 0 saturated heterocycles. The van der Waals surface area contributed by atoms with Gasteiger partial charge in [-0.3, -0.25) is 0 Å². The second-order valence-electron chi connectivity index (χ2n) is 2.81. The molecule has 0 saturated carbocycles. The van der Waals surface area contributed by atoms with Gasteiger partial charge in [-0.25, -0.2) is 9.37 Å². The third-order valence-electron chi connectivity index (χ3n) is 0.514. The third kappa shape index (κ3) is 5.74. The predicted octanol–water partition coefficient (Wildman–Crippen LogP) is 0.288. The minimum Gasteiger partial charge on any atom is -0.385 e. The van der Waals surface area contributed by atoms with Crippen LogP contribution in [0.4, 0.5) is 0 Å². The highest BCUT2D eigenvalue weighted by Gasteiger charge is 2.18. The maximum Gasteiger partial charge on any atom is 0.365 e. The van der Waals surface area contributed by atoms with Crippen LogP contribution in [0.3, 0.4) is 0 Å². The minimum absolute atomic E-state index is 0.634. The Morgan fingerprint density at radius 1 is 1.50 bits per heavy atom. The Bertz CT molecular complexity index is 117. The fraction of sp³-hybridized carbons (Fsp3) is 0.800. The Balaban J connectivity index is 3.46. The maximum absolute atomic E-state index is 10.3. The molecule has 5 heteroatoms. The van der Waals surface area contributed by atoms with Gasteiger partial charge in [-0.05, 0) is 19.6 Å². The Kier molecular flexibility index (Phi) is 3.55. The molecule has 0 rings (SSSR count). The van der Waals surface area contributed by atoms with Crippen molar-refractivity contribution in [1.82, 2.24) is 0 Å². The molecule has 0 aliphatic rings.